The van der Waals surface area contributed by atoms with E-state index in [0.717, 1.165) is 19.3 Å². The number of aliphatic carboxylic acids is 1. The standard InChI is InChI=1S/C9H14N4O2/c10-8-5-13(12-11-8)7-4-2-1-3-6(7)9(14)15/h5-7H,1-4,10H2,(H,14,15). The lowest BCUT2D eigenvalue weighted by Crippen LogP contribution is -2.29. The van der Waals surface area contributed by atoms with Crippen LogP contribution in [0.1, 0.15) is 31.7 Å². The molecule has 1 saturated carbocycles. The second kappa shape index (κ2) is 3.88. The van der Waals surface area contributed by atoms with E-state index >= 15 is 0 Å². The molecule has 1 aliphatic carbocycles. The number of nitrogens with zero attached hydrogens (tertiary/aromatic N) is 3. The van der Waals surface area contributed by atoms with Crippen molar-refractivity contribution in [1.29, 1.82) is 0 Å². The van der Waals surface area contributed by atoms with Gasteiger partial charge in [0.05, 0.1) is 18.2 Å². The third-order valence-electron chi connectivity index (χ3n) is 2.91. The molecule has 3 N–H and O–H groups in total. The van der Waals surface area contributed by atoms with Crippen LogP contribution < -0.4 is 5.73 Å². The second-order valence-electron chi connectivity index (χ2n) is 3.92. The molecule has 0 amide bonds. The first-order chi connectivity index (χ1) is 7.18. The average molecular weight is 210 g/mol. The first-order valence-corrected chi connectivity index (χ1v) is 5.08. The molecule has 0 radical (unpaired) electrons. The summed E-state index contributed by atoms with van der Waals surface area (Å²) in [6.07, 6.45) is 5.15. The van der Waals surface area contributed by atoms with E-state index in [4.69, 9.17) is 10.8 Å². The van der Waals surface area contributed by atoms with Gasteiger partial charge in [-0.25, -0.2) is 4.68 Å². The van der Waals surface area contributed by atoms with Crippen LogP contribution in [0.4, 0.5) is 5.82 Å². The van der Waals surface area contributed by atoms with Crippen LogP contribution in [0.25, 0.3) is 0 Å². The Labute approximate surface area is 87.1 Å². The molecule has 15 heavy (non-hydrogen) atoms. The van der Waals surface area contributed by atoms with Gasteiger partial charge in [0.1, 0.15) is 0 Å². The Morgan fingerprint density at radius 2 is 2.27 bits per heavy atom. The lowest BCUT2D eigenvalue weighted by molar-refractivity contribution is -0.144. The van der Waals surface area contributed by atoms with Crippen molar-refractivity contribution in [3.63, 3.8) is 0 Å². The van der Waals surface area contributed by atoms with E-state index in [1.807, 2.05) is 0 Å². The third kappa shape index (κ3) is 1.93. The predicted molar refractivity (Wildman–Crippen MR) is 53.1 cm³/mol. The second-order valence-corrected chi connectivity index (χ2v) is 3.92. The smallest absolute Gasteiger partial charge is 0.308 e. The zero-order valence-electron chi connectivity index (χ0n) is 8.33. The average Bonchev–Trinajstić information content (AvgIpc) is 2.65. The highest BCUT2D eigenvalue weighted by molar-refractivity contribution is 5.70. The van der Waals surface area contributed by atoms with E-state index in [1.54, 1.807) is 10.9 Å². The molecule has 2 atom stereocenters. The van der Waals surface area contributed by atoms with E-state index in [9.17, 15) is 4.79 Å². The van der Waals surface area contributed by atoms with E-state index < -0.39 is 5.97 Å². The van der Waals surface area contributed by atoms with E-state index in [-0.39, 0.29) is 12.0 Å². The van der Waals surface area contributed by atoms with Gasteiger partial charge in [0.2, 0.25) is 0 Å². The maximum absolute atomic E-state index is 11.1. The van der Waals surface area contributed by atoms with Crippen molar-refractivity contribution in [1.82, 2.24) is 15.0 Å². The Morgan fingerprint density at radius 3 is 2.87 bits per heavy atom. The summed E-state index contributed by atoms with van der Waals surface area (Å²) in [4.78, 5) is 11.1. The van der Waals surface area contributed by atoms with Gasteiger partial charge in [-0.05, 0) is 12.8 Å². The van der Waals surface area contributed by atoms with Gasteiger partial charge >= 0.3 is 5.97 Å². The fraction of sp³-hybridized carbons (Fsp3) is 0.667. The topological polar surface area (TPSA) is 94.0 Å². The van der Waals surface area contributed by atoms with Crippen molar-refractivity contribution in [2.75, 3.05) is 5.73 Å². The molecule has 1 heterocycles. The maximum atomic E-state index is 11.1. The van der Waals surface area contributed by atoms with Crippen molar-refractivity contribution >= 4 is 11.8 Å². The highest BCUT2D eigenvalue weighted by atomic mass is 16.4. The molecule has 0 bridgehead atoms. The SMILES string of the molecule is Nc1cn(C2CCCCC2C(=O)O)nn1. The number of nitrogens with two attached hydrogens (primary N) is 1. The highest BCUT2D eigenvalue weighted by Crippen LogP contribution is 2.33. The fourth-order valence-corrected chi connectivity index (χ4v) is 2.17. The molecule has 2 rings (SSSR count). The van der Waals surface area contributed by atoms with Gasteiger partial charge < -0.3 is 10.8 Å². The van der Waals surface area contributed by atoms with E-state index in [0.29, 0.717) is 12.2 Å². The number of anilines is 1. The summed E-state index contributed by atoms with van der Waals surface area (Å²) in [5.74, 6) is -0.779. The van der Waals surface area contributed by atoms with Crippen molar-refractivity contribution in [3.05, 3.63) is 6.20 Å². The lowest BCUT2D eigenvalue weighted by atomic mass is 9.85. The van der Waals surface area contributed by atoms with Gasteiger partial charge in [0.25, 0.3) is 0 Å². The van der Waals surface area contributed by atoms with Crippen LogP contribution in [0.15, 0.2) is 6.20 Å². The normalized spacial score (nSPS) is 26.4. The molecule has 0 spiro atoms. The summed E-state index contributed by atoms with van der Waals surface area (Å²) < 4.78 is 1.59. The molecule has 1 aliphatic rings. The summed E-state index contributed by atoms with van der Waals surface area (Å²) in [6, 6.07) is -0.0963. The zero-order chi connectivity index (χ0) is 10.8. The van der Waals surface area contributed by atoms with Crippen LogP contribution in [0.2, 0.25) is 0 Å². The molecular formula is C9H14N4O2. The van der Waals surface area contributed by atoms with Crippen LogP contribution in [0.5, 0.6) is 0 Å². The lowest BCUT2D eigenvalue weighted by Gasteiger charge is -2.27. The number of aromatic nitrogens is 3. The molecular weight excluding hydrogens is 196 g/mol. The summed E-state index contributed by atoms with van der Waals surface area (Å²) in [7, 11) is 0. The third-order valence-corrected chi connectivity index (χ3v) is 2.91. The number of carboxylic acids is 1. The van der Waals surface area contributed by atoms with Crippen LogP contribution in [-0.4, -0.2) is 26.1 Å². The predicted octanol–water partition coefficient (Wildman–Crippen LogP) is 0.676. The molecule has 6 heteroatoms. The number of hydrogen-bond acceptors (Lipinski definition) is 4. The van der Waals surface area contributed by atoms with Crippen LogP contribution in [-0.2, 0) is 4.79 Å². The largest absolute Gasteiger partial charge is 0.481 e. The number of hydrogen-bond donors (Lipinski definition) is 2. The highest BCUT2D eigenvalue weighted by Gasteiger charge is 2.32. The van der Waals surface area contributed by atoms with Crippen LogP contribution >= 0.6 is 0 Å². The first-order valence-electron chi connectivity index (χ1n) is 5.08. The Balaban J connectivity index is 2.21. The Bertz CT molecular complexity index is 363. The van der Waals surface area contributed by atoms with Gasteiger partial charge in [-0.1, -0.05) is 18.1 Å². The number of carboxylic acid groups (broad SMARTS) is 1. The Hall–Kier alpha value is -1.59. The molecule has 82 valence electrons. The summed E-state index contributed by atoms with van der Waals surface area (Å²) in [6.45, 7) is 0. The summed E-state index contributed by atoms with van der Waals surface area (Å²) in [5.41, 5.74) is 5.46. The Kier molecular flexibility index (Phi) is 2.57. The summed E-state index contributed by atoms with van der Waals surface area (Å²) >= 11 is 0. The van der Waals surface area contributed by atoms with Gasteiger partial charge in [0.15, 0.2) is 5.82 Å². The molecule has 6 nitrogen and oxygen atoms in total. The maximum Gasteiger partial charge on any atom is 0.308 e. The number of rotatable bonds is 2. The van der Waals surface area contributed by atoms with E-state index in [2.05, 4.69) is 10.3 Å². The minimum atomic E-state index is -0.756. The number of nitrogen functional groups attached to an aromatic ring is 1. The molecule has 0 aliphatic heterocycles. The van der Waals surface area contributed by atoms with Crippen LogP contribution in [0, 0.1) is 5.92 Å². The molecule has 2 unspecified atom stereocenters. The van der Waals surface area contributed by atoms with Crippen molar-refractivity contribution in [2.24, 2.45) is 5.92 Å². The Morgan fingerprint density at radius 1 is 1.53 bits per heavy atom. The zero-order valence-corrected chi connectivity index (χ0v) is 8.33. The van der Waals surface area contributed by atoms with Gasteiger partial charge in [-0.15, -0.1) is 5.10 Å². The monoisotopic (exact) mass is 210 g/mol. The molecule has 0 saturated heterocycles. The molecule has 1 fully saturated rings. The number of carbonyl (C=O) groups is 1. The quantitative estimate of drug-likeness (QED) is 0.748. The van der Waals surface area contributed by atoms with Crippen molar-refractivity contribution < 1.29 is 9.90 Å². The molecule has 0 aromatic carbocycles. The van der Waals surface area contributed by atoms with Gasteiger partial charge in [-0.2, -0.15) is 0 Å². The van der Waals surface area contributed by atoms with Crippen LogP contribution in [0.3, 0.4) is 0 Å². The minimum absolute atomic E-state index is 0.0963. The van der Waals surface area contributed by atoms with Gasteiger partial charge in [-0.3, -0.25) is 4.79 Å². The summed E-state index contributed by atoms with van der Waals surface area (Å²) in [5, 5.41) is 16.6. The molecule has 1 aromatic heterocycles. The van der Waals surface area contributed by atoms with Gasteiger partial charge in [0, 0.05) is 0 Å². The molecule has 1 aromatic rings. The van der Waals surface area contributed by atoms with Crippen molar-refractivity contribution in [3.8, 4) is 0 Å². The van der Waals surface area contributed by atoms with E-state index in [1.165, 1.54) is 0 Å². The van der Waals surface area contributed by atoms with Crippen molar-refractivity contribution in [2.45, 2.75) is 31.7 Å². The fourth-order valence-electron chi connectivity index (χ4n) is 2.17. The minimum Gasteiger partial charge on any atom is -0.481 e. The first kappa shape index (κ1) is 9.95.